The molecule has 0 aromatic carbocycles. The van der Waals surface area contributed by atoms with Crippen LogP contribution in [0.25, 0.3) is 0 Å². The van der Waals surface area contributed by atoms with Gasteiger partial charge in [-0.3, -0.25) is 9.59 Å². The summed E-state index contributed by atoms with van der Waals surface area (Å²) in [7, 11) is 2.71. The number of hydrogen-bond acceptors (Lipinski definition) is 9. The van der Waals surface area contributed by atoms with Crippen molar-refractivity contribution < 1.29 is 24.2 Å². The predicted molar refractivity (Wildman–Crippen MR) is 179 cm³/mol. The molecule has 0 aromatic rings. The third-order valence-electron chi connectivity index (χ3n) is 10.5. The number of allylic oxidation sites excluding steroid dienone is 11. The molecule has 3 atom stereocenters. The number of hydrogen-bond donors (Lipinski definition) is 2. The van der Waals surface area contributed by atoms with Gasteiger partial charge in [-0.25, -0.2) is 15.0 Å². The number of aliphatic hydroxyl groups is 1. The first kappa shape index (κ1) is 31.5. The Balaban J connectivity index is 1.68. The molecule has 5 heterocycles. The van der Waals surface area contributed by atoms with Crippen molar-refractivity contribution in [2.75, 3.05) is 14.2 Å². The number of ether oxygens (including phenoxy) is 2. The normalized spacial score (nSPS) is 26.7. The van der Waals surface area contributed by atoms with E-state index in [-0.39, 0.29) is 30.0 Å². The van der Waals surface area contributed by atoms with Crippen molar-refractivity contribution in [1.29, 1.82) is 0 Å². The number of aliphatic hydroxyl groups excluding tert-OH is 1. The summed E-state index contributed by atoms with van der Waals surface area (Å²) in [6.45, 7) is 14.2. The lowest BCUT2D eigenvalue weighted by Crippen LogP contribution is -2.35. The first-order chi connectivity index (χ1) is 21.9. The van der Waals surface area contributed by atoms with Gasteiger partial charge in [-0.05, 0) is 93.1 Å². The molecule has 2 N–H and O–H groups in total. The highest BCUT2D eigenvalue weighted by atomic mass is 16.5. The lowest BCUT2D eigenvalue weighted by Gasteiger charge is -2.27. The fraction of sp³-hybridized carbons (Fsp3) is 0.432. The molecule has 1 aliphatic carbocycles. The van der Waals surface area contributed by atoms with Gasteiger partial charge in [0.1, 0.15) is 5.76 Å². The molecule has 0 aromatic heterocycles. The largest absolute Gasteiger partial charge is 0.510 e. The van der Waals surface area contributed by atoms with E-state index in [9.17, 15) is 14.7 Å². The number of nitrogens with zero attached hydrogens (tertiary/aromatic N) is 3. The fourth-order valence-corrected chi connectivity index (χ4v) is 7.67. The molecule has 8 bridgehead atoms. The minimum absolute atomic E-state index is 0.0696. The monoisotopic (exact) mass is 622 g/mol. The van der Waals surface area contributed by atoms with Gasteiger partial charge in [0.2, 0.25) is 0 Å². The maximum atomic E-state index is 13.6. The molecule has 0 radical (unpaired) electrons. The highest BCUT2D eigenvalue weighted by Crippen LogP contribution is 2.54. The highest BCUT2D eigenvalue weighted by molar-refractivity contribution is 6.25. The van der Waals surface area contributed by atoms with Gasteiger partial charge in [0.15, 0.2) is 5.41 Å². The molecule has 0 spiro atoms. The summed E-state index contributed by atoms with van der Waals surface area (Å²) in [6, 6.07) is 0. The van der Waals surface area contributed by atoms with Crippen LogP contribution in [0.1, 0.15) is 74.1 Å². The zero-order valence-corrected chi connectivity index (χ0v) is 28.1. The third kappa shape index (κ3) is 4.46. The van der Waals surface area contributed by atoms with Gasteiger partial charge in [-0.1, -0.05) is 20.8 Å². The number of rotatable bonds is 6. The van der Waals surface area contributed by atoms with Crippen LogP contribution in [0.4, 0.5) is 0 Å². The summed E-state index contributed by atoms with van der Waals surface area (Å²) in [4.78, 5) is 41.3. The topological polar surface area (TPSA) is 122 Å². The van der Waals surface area contributed by atoms with E-state index in [0.717, 1.165) is 69.3 Å². The van der Waals surface area contributed by atoms with Crippen LogP contribution in [-0.4, -0.2) is 48.4 Å². The zero-order valence-electron chi connectivity index (χ0n) is 28.1. The zero-order chi connectivity index (χ0) is 33.2. The van der Waals surface area contributed by atoms with Crippen molar-refractivity contribution in [2.45, 2.75) is 74.1 Å². The summed E-state index contributed by atoms with van der Waals surface area (Å²) >= 11 is 0. The van der Waals surface area contributed by atoms with Crippen LogP contribution < -0.4 is 5.32 Å². The van der Waals surface area contributed by atoms with Gasteiger partial charge < -0.3 is 19.9 Å². The number of aliphatic imine (C=N–C) groups is 3. The van der Waals surface area contributed by atoms with Crippen LogP contribution in [0, 0.1) is 17.3 Å². The van der Waals surface area contributed by atoms with E-state index in [0.29, 0.717) is 29.0 Å². The molecule has 1 fully saturated rings. The Morgan fingerprint density at radius 2 is 1.52 bits per heavy atom. The van der Waals surface area contributed by atoms with Gasteiger partial charge in [-0.15, -0.1) is 0 Å². The maximum Gasteiger partial charge on any atom is 0.323 e. The molecule has 9 heteroatoms. The number of methoxy groups -OCH3 is 2. The number of carbonyl (C=O) groups is 2. The van der Waals surface area contributed by atoms with E-state index in [1.165, 1.54) is 19.8 Å². The van der Waals surface area contributed by atoms with Crippen molar-refractivity contribution in [3.63, 3.8) is 0 Å². The van der Waals surface area contributed by atoms with Crippen molar-refractivity contribution >= 4 is 29.1 Å². The van der Waals surface area contributed by atoms with Crippen LogP contribution in [0.3, 0.4) is 0 Å². The molecule has 9 nitrogen and oxygen atoms in total. The van der Waals surface area contributed by atoms with Crippen molar-refractivity contribution in [3.05, 3.63) is 91.5 Å². The molecule has 3 unspecified atom stereocenters. The first-order valence-electron chi connectivity index (χ1n) is 16.1. The lowest BCUT2D eigenvalue weighted by molar-refractivity contribution is -0.148. The Bertz CT molecular complexity index is 1850. The SMILES string of the molecule is CCC1=C(C)C2=NC1=CC1=C(C)C3=C(O)C(C)(C(=O)OC)C(=C4NC(=CC5=NC(=C2)C(CC)=C5C)C(C)C4CCC(=O)OC)C3=N1. The van der Waals surface area contributed by atoms with E-state index in [2.05, 4.69) is 52.1 Å². The average Bonchev–Trinajstić information content (AvgIpc) is 3.76. The number of esters is 2. The Morgan fingerprint density at radius 1 is 0.913 bits per heavy atom. The van der Waals surface area contributed by atoms with Crippen molar-refractivity contribution in [3.8, 4) is 0 Å². The molecule has 1 saturated heterocycles. The minimum Gasteiger partial charge on any atom is -0.510 e. The van der Waals surface area contributed by atoms with E-state index < -0.39 is 11.4 Å². The van der Waals surface area contributed by atoms with Gasteiger partial charge >= 0.3 is 11.9 Å². The highest BCUT2D eigenvalue weighted by Gasteiger charge is 2.57. The van der Waals surface area contributed by atoms with Gasteiger partial charge in [-0.2, -0.15) is 0 Å². The van der Waals surface area contributed by atoms with E-state index in [1.807, 2.05) is 13.0 Å². The molecular weight excluding hydrogens is 580 g/mol. The Hall–Kier alpha value is -4.53. The van der Waals surface area contributed by atoms with Crippen LogP contribution >= 0.6 is 0 Å². The molecule has 46 heavy (non-hydrogen) atoms. The van der Waals surface area contributed by atoms with Crippen molar-refractivity contribution in [2.24, 2.45) is 32.2 Å². The van der Waals surface area contributed by atoms with Crippen molar-refractivity contribution in [1.82, 2.24) is 5.32 Å². The summed E-state index contributed by atoms with van der Waals surface area (Å²) in [5.74, 6) is -1.27. The fourth-order valence-electron chi connectivity index (χ4n) is 7.67. The molecule has 0 amide bonds. The maximum absolute atomic E-state index is 13.6. The van der Waals surface area contributed by atoms with Gasteiger partial charge in [0, 0.05) is 40.8 Å². The predicted octanol–water partition coefficient (Wildman–Crippen LogP) is 6.81. The standard InChI is InChI=1S/C37H42N4O5/c1-10-21-17(3)24-14-26-19(5)23(12-13-30(42)45-8)33(40-26)32-34-31(35(43)37(32,7)36(44)46-9)20(6)27(41-34)16-29-22(11-2)18(4)25(39-29)15-28(21)38-24/h14-16,19,23,40,43H,10-13H2,1-9H3. The Kier molecular flexibility index (Phi) is 7.77. The van der Waals surface area contributed by atoms with E-state index in [4.69, 9.17) is 24.5 Å². The summed E-state index contributed by atoms with van der Waals surface area (Å²) < 4.78 is 10.3. The van der Waals surface area contributed by atoms with Crippen LogP contribution in [0.5, 0.6) is 0 Å². The molecule has 6 rings (SSSR count). The Morgan fingerprint density at radius 3 is 2.11 bits per heavy atom. The number of fused-ring (bicyclic) bond motifs is 5. The second-order valence-corrected chi connectivity index (χ2v) is 12.8. The minimum atomic E-state index is -1.51. The molecule has 0 saturated carbocycles. The van der Waals surface area contributed by atoms with Crippen LogP contribution in [0.2, 0.25) is 0 Å². The van der Waals surface area contributed by atoms with E-state index in [1.54, 1.807) is 6.92 Å². The third-order valence-corrected chi connectivity index (χ3v) is 10.5. The lowest BCUT2D eigenvalue weighted by atomic mass is 9.78. The summed E-state index contributed by atoms with van der Waals surface area (Å²) in [5.41, 5.74) is 11.2. The molecule has 6 aliphatic rings. The molecule has 5 aliphatic heterocycles. The molecule has 240 valence electrons. The molecular formula is C37H42N4O5. The Labute approximate surface area is 270 Å². The quantitative estimate of drug-likeness (QED) is 0.314. The first-order valence-corrected chi connectivity index (χ1v) is 16.1. The van der Waals surface area contributed by atoms with Gasteiger partial charge in [0.05, 0.1) is 48.4 Å². The van der Waals surface area contributed by atoms with Crippen LogP contribution in [-0.2, 0) is 19.1 Å². The second-order valence-electron chi connectivity index (χ2n) is 12.8. The van der Waals surface area contributed by atoms with E-state index >= 15 is 0 Å². The van der Waals surface area contributed by atoms with Gasteiger partial charge in [0.25, 0.3) is 0 Å². The average molecular weight is 623 g/mol. The summed E-state index contributed by atoms with van der Waals surface area (Å²) in [6.07, 6.45) is 8.42. The van der Waals surface area contributed by atoms with Crippen LogP contribution in [0.15, 0.2) is 106 Å². The summed E-state index contributed by atoms with van der Waals surface area (Å²) in [5, 5.41) is 15.6. The smallest absolute Gasteiger partial charge is 0.323 e. The number of carbonyl (C=O) groups excluding carboxylic acids is 2. The second kappa shape index (κ2) is 11.4. The number of nitrogens with one attached hydrogen (secondary N) is 1.